The number of benzene rings is 1. The van der Waals surface area contributed by atoms with Gasteiger partial charge in [-0.3, -0.25) is 4.79 Å². The molecule has 1 aromatic rings. The third-order valence-corrected chi connectivity index (χ3v) is 2.80. The van der Waals surface area contributed by atoms with Crippen molar-refractivity contribution in [1.82, 2.24) is 0 Å². The summed E-state index contributed by atoms with van der Waals surface area (Å²) in [5.74, 6) is -3.56. The molecule has 2 rings (SSSR count). The van der Waals surface area contributed by atoms with Crippen LogP contribution in [0.3, 0.4) is 0 Å². The Kier molecular flexibility index (Phi) is 3.00. The number of rotatable bonds is 3. The van der Waals surface area contributed by atoms with Gasteiger partial charge >= 0.3 is 5.97 Å². The molecule has 0 aliphatic carbocycles. The number of aliphatic carboxylic acids is 1. The Bertz CT molecular complexity index is 434. The van der Waals surface area contributed by atoms with Crippen molar-refractivity contribution in [3.05, 3.63) is 29.8 Å². The summed E-state index contributed by atoms with van der Waals surface area (Å²) in [5.41, 5.74) is 1.30. The van der Waals surface area contributed by atoms with Gasteiger partial charge in [0.15, 0.2) is 0 Å². The second kappa shape index (κ2) is 4.31. The Balaban J connectivity index is 2.14. The third kappa shape index (κ3) is 2.93. The molecule has 0 aromatic heterocycles. The zero-order chi connectivity index (χ0) is 12.5. The van der Waals surface area contributed by atoms with Crippen molar-refractivity contribution < 1.29 is 18.7 Å². The van der Waals surface area contributed by atoms with Gasteiger partial charge < -0.3 is 10.0 Å². The molecule has 0 spiro atoms. The fraction of sp³-hybridized carbons (Fsp3) is 0.417. The van der Waals surface area contributed by atoms with Crippen molar-refractivity contribution in [2.24, 2.45) is 0 Å². The van der Waals surface area contributed by atoms with Crippen molar-refractivity contribution in [3.63, 3.8) is 0 Å². The molecule has 1 saturated heterocycles. The fourth-order valence-corrected chi connectivity index (χ4v) is 1.99. The molecule has 1 fully saturated rings. The maximum atomic E-state index is 13.1. The first-order valence-electron chi connectivity index (χ1n) is 5.40. The summed E-state index contributed by atoms with van der Waals surface area (Å²) in [6.07, 6.45) is -0.228. The predicted octanol–water partition coefficient (Wildman–Crippen LogP) is 2.16. The normalized spacial score (nSPS) is 18.4. The third-order valence-electron chi connectivity index (χ3n) is 2.80. The smallest absolute Gasteiger partial charge is 0.307 e. The van der Waals surface area contributed by atoms with Crippen molar-refractivity contribution in [2.75, 3.05) is 18.0 Å². The van der Waals surface area contributed by atoms with Gasteiger partial charge in [0.1, 0.15) is 0 Å². The summed E-state index contributed by atoms with van der Waals surface area (Å²) in [5, 5.41) is 8.67. The number of carboxylic acids is 1. The maximum absolute atomic E-state index is 13.1. The van der Waals surface area contributed by atoms with Crippen LogP contribution in [0.4, 0.5) is 14.5 Å². The Hall–Kier alpha value is -1.65. The van der Waals surface area contributed by atoms with Crippen LogP contribution in [-0.4, -0.2) is 30.1 Å². The highest BCUT2D eigenvalue weighted by molar-refractivity contribution is 5.71. The van der Waals surface area contributed by atoms with E-state index in [0.29, 0.717) is 17.8 Å². The van der Waals surface area contributed by atoms with E-state index in [9.17, 15) is 13.6 Å². The standard InChI is InChI=1S/C12H13F2NO2/c13-12(14)4-5-15(8-12)10-3-1-2-9(6-10)7-11(16)17/h1-3,6H,4-5,7-8H2,(H,16,17). The van der Waals surface area contributed by atoms with Crippen LogP contribution in [0, 0.1) is 0 Å². The first-order valence-corrected chi connectivity index (χ1v) is 5.40. The molecule has 3 nitrogen and oxygen atoms in total. The predicted molar refractivity (Wildman–Crippen MR) is 59.6 cm³/mol. The Morgan fingerprint density at radius 3 is 2.82 bits per heavy atom. The first-order chi connectivity index (χ1) is 7.96. The molecular formula is C12H13F2NO2. The van der Waals surface area contributed by atoms with E-state index in [-0.39, 0.29) is 19.4 Å². The zero-order valence-corrected chi connectivity index (χ0v) is 9.20. The summed E-state index contributed by atoms with van der Waals surface area (Å²) >= 11 is 0. The lowest BCUT2D eigenvalue weighted by molar-refractivity contribution is -0.136. The van der Waals surface area contributed by atoms with Gasteiger partial charge in [-0.05, 0) is 17.7 Å². The highest BCUT2D eigenvalue weighted by Crippen LogP contribution is 2.31. The quantitative estimate of drug-likeness (QED) is 0.881. The second-order valence-corrected chi connectivity index (χ2v) is 4.27. The molecule has 0 radical (unpaired) electrons. The topological polar surface area (TPSA) is 40.5 Å². The molecular weight excluding hydrogens is 228 g/mol. The summed E-state index contributed by atoms with van der Waals surface area (Å²) in [4.78, 5) is 12.2. The lowest BCUT2D eigenvalue weighted by Gasteiger charge is -2.18. The van der Waals surface area contributed by atoms with Gasteiger partial charge in [-0.15, -0.1) is 0 Å². The summed E-state index contributed by atoms with van der Waals surface area (Å²) in [6, 6.07) is 6.78. The zero-order valence-electron chi connectivity index (χ0n) is 9.20. The van der Waals surface area contributed by atoms with Crippen LogP contribution in [0.2, 0.25) is 0 Å². The molecule has 1 N–H and O–H groups in total. The average molecular weight is 241 g/mol. The fourth-order valence-electron chi connectivity index (χ4n) is 1.99. The number of carbonyl (C=O) groups is 1. The average Bonchev–Trinajstić information content (AvgIpc) is 2.58. The number of anilines is 1. The Morgan fingerprint density at radius 1 is 1.47 bits per heavy atom. The summed E-state index contributed by atoms with van der Waals surface area (Å²) < 4.78 is 26.1. The molecule has 1 heterocycles. The molecule has 0 amide bonds. The second-order valence-electron chi connectivity index (χ2n) is 4.27. The van der Waals surface area contributed by atoms with Crippen LogP contribution in [0.5, 0.6) is 0 Å². The summed E-state index contributed by atoms with van der Waals surface area (Å²) in [6.45, 7) is 0.0209. The molecule has 0 bridgehead atoms. The van der Waals surface area contributed by atoms with E-state index in [0.717, 1.165) is 0 Å². The van der Waals surface area contributed by atoms with E-state index >= 15 is 0 Å². The van der Waals surface area contributed by atoms with Gasteiger partial charge in [0.25, 0.3) is 5.92 Å². The minimum absolute atomic E-state index is 0.0852. The van der Waals surface area contributed by atoms with E-state index in [1.54, 1.807) is 29.2 Å². The van der Waals surface area contributed by atoms with E-state index in [2.05, 4.69) is 0 Å². The molecule has 0 saturated carbocycles. The van der Waals surface area contributed by atoms with E-state index < -0.39 is 11.9 Å². The lowest BCUT2D eigenvalue weighted by atomic mass is 10.1. The van der Waals surface area contributed by atoms with E-state index in [4.69, 9.17) is 5.11 Å². The first kappa shape index (κ1) is 11.8. The van der Waals surface area contributed by atoms with Gasteiger partial charge in [0.05, 0.1) is 13.0 Å². The van der Waals surface area contributed by atoms with Crippen LogP contribution in [0.15, 0.2) is 24.3 Å². The molecule has 92 valence electrons. The number of carboxylic acid groups (broad SMARTS) is 1. The number of alkyl halides is 2. The molecule has 5 heteroatoms. The Labute approximate surface area is 97.7 Å². The van der Waals surface area contributed by atoms with Gasteiger partial charge in [-0.25, -0.2) is 8.78 Å². The molecule has 17 heavy (non-hydrogen) atoms. The molecule has 0 atom stereocenters. The van der Waals surface area contributed by atoms with Gasteiger partial charge in [-0.2, -0.15) is 0 Å². The van der Waals surface area contributed by atoms with Crippen LogP contribution < -0.4 is 4.90 Å². The minimum atomic E-state index is -2.64. The summed E-state index contributed by atoms with van der Waals surface area (Å²) in [7, 11) is 0. The number of halogens is 2. The van der Waals surface area contributed by atoms with Gasteiger partial charge in [0, 0.05) is 18.7 Å². The Morgan fingerprint density at radius 2 is 2.24 bits per heavy atom. The van der Waals surface area contributed by atoms with Crippen molar-refractivity contribution >= 4 is 11.7 Å². The van der Waals surface area contributed by atoms with E-state index in [1.165, 1.54) is 0 Å². The minimum Gasteiger partial charge on any atom is -0.481 e. The molecule has 1 aliphatic rings. The number of nitrogens with zero attached hydrogens (tertiary/aromatic N) is 1. The van der Waals surface area contributed by atoms with Crippen LogP contribution in [0.1, 0.15) is 12.0 Å². The highest BCUT2D eigenvalue weighted by atomic mass is 19.3. The van der Waals surface area contributed by atoms with Crippen LogP contribution in [0.25, 0.3) is 0 Å². The van der Waals surface area contributed by atoms with Crippen molar-refractivity contribution in [2.45, 2.75) is 18.8 Å². The van der Waals surface area contributed by atoms with Crippen molar-refractivity contribution in [3.8, 4) is 0 Å². The number of hydrogen-bond donors (Lipinski definition) is 1. The van der Waals surface area contributed by atoms with Crippen LogP contribution in [-0.2, 0) is 11.2 Å². The largest absolute Gasteiger partial charge is 0.481 e. The van der Waals surface area contributed by atoms with E-state index in [1.807, 2.05) is 0 Å². The number of hydrogen-bond acceptors (Lipinski definition) is 2. The SMILES string of the molecule is O=C(O)Cc1cccc(N2CCC(F)(F)C2)c1. The van der Waals surface area contributed by atoms with Gasteiger partial charge in [-0.1, -0.05) is 12.1 Å². The van der Waals surface area contributed by atoms with Crippen LogP contribution >= 0.6 is 0 Å². The lowest BCUT2D eigenvalue weighted by Crippen LogP contribution is -2.24. The highest BCUT2D eigenvalue weighted by Gasteiger charge is 2.38. The molecule has 1 aromatic carbocycles. The molecule has 1 aliphatic heterocycles. The molecule has 0 unspecified atom stereocenters. The maximum Gasteiger partial charge on any atom is 0.307 e. The van der Waals surface area contributed by atoms with Gasteiger partial charge in [0.2, 0.25) is 0 Å². The monoisotopic (exact) mass is 241 g/mol. The van der Waals surface area contributed by atoms with Crippen molar-refractivity contribution in [1.29, 1.82) is 0 Å².